The summed E-state index contributed by atoms with van der Waals surface area (Å²) in [4.78, 5) is 1.31. The maximum atomic E-state index is 4.73. The predicted molar refractivity (Wildman–Crippen MR) is 80.6 cm³/mol. The molecule has 2 heterocycles. The molecule has 0 saturated carbocycles. The van der Waals surface area contributed by atoms with Crippen molar-refractivity contribution in [3.8, 4) is 0 Å². The van der Waals surface area contributed by atoms with Crippen molar-refractivity contribution in [2.24, 2.45) is 7.05 Å². The van der Waals surface area contributed by atoms with Crippen molar-refractivity contribution in [2.45, 2.75) is 13.0 Å². The normalized spacial score (nSPS) is 12.9. The standard InChI is InChI=1S/C15H17N3S/c1-3-16-15(13-9-6-10-19-13)14-11-7-4-5-8-12(11)18(2)17-14/h4-10,15-16H,3H2,1-2H3. The lowest BCUT2D eigenvalue weighted by molar-refractivity contribution is 0.612. The van der Waals surface area contributed by atoms with Gasteiger partial charge in [-0.1, -0.05) is 31.2 Å². The van der Waals surface area contributed by atoms with Gasteiger partial charge in [0.05, 0.1) is 17.3 Å². The first-order valence-corrected chi connectivity index (χ1v) is 7.37. The van der Waals surface area contributed by atoms with Crippen LogP contribution in [0.15, 0.2) is 41.8 Å². The van der Waals surface area contributed by atoms with E-state index >= 15 is 0 Å². The highest BCUT2D eigenvalue weighted by Gasteiger charge is 2.20. The third-order valence-electron chi connectivity index (χ3n) is 3.30. The molecule has 1 aromatic carbocycles. The quantitative estimate of drug-likeness (QED) is 0.789. The fraction of sp³-hybridized carbons (Fsp3) is 0.267. The molecule has 0 aliphatic heterocycles. The number of nitrogens with zero attached hydrogens (tertiary/aromatic N) is 2. The van der Waals surface area contributed by atoms with Crippen molar-refractivity contribution in [3.63, 3.8) is 0 Å². The maximum Gasteiger partial charge on any atom is 0.0926 e. The molecule has 3 aromatic rings. The minimum atomic E-state index is 0.177. The van der Waals surface area contributed by atoms with Gasteiger partial charge in [-0.15, -0.1) is 11.3 Å². The predicted octanol–water partition coefficient (Wildman–Crippen LogP) is 3.33. The summed E-state index contributed by atoms with van der Waals surface area (Å²) in [6.45, 7) is 3.05. The van der Waals surface area contributed by atoms with Gasteiger partial charge in [0, 0.05) is 17.3 Å². The molecule has 0 aliphatic rings. The number of aryl methyl sites for hydroxylation is 1. The van der Waals surface area contributed by atoms with Gasteiger partial charge in [0.1, 0.15) is 0 Å². The molecule has 0 spiro atoms. The number of hydrogen-bond donors (Lipinski definition) is 1. The fourth-order valence-electron chi connectivity index (χ4n) is 2.45. The second-order valence-electron chi connectivity index (χ2n) is 4.53. The van der Waals surface area contributed by atoms with Gasteiger partial charge in [-0.2, -0.15) is 5.10 Å². The van der Waals surface area contributed by atoms with Gasteiger partial charge in [-0.05, 0) is 24.1 Å². The summed E-state index contributed by atoms with van der Waals surface area (Å²) in [5, 5.41) is 11.6. The van der Waals surface area contributed by atoms with Crippen molar-refractivity contribution in [2.75, 3.05) is 6.54 Å². The van der Waals surface area contributed by atoms with E-state index in [-0.39, 0.29) is 6.04 Å². The monoisotopic (exact) mass is 271 g/mol. The van der Waals surface area contributed by atoms with E-state index in [0.29, 0.717) is 0 Å². The maximum absolute atomic E-state index is 4.73. The molecule has 3 rings (SSSR count). The van der Waals surface area contributed by atoms with Gasteiger partial charge in [0.2, 0.25) is 0 Å². The summed E-state index contributed by atoms with van der Waals surface area (Å²) in [5.74, 6) is 0. The van der Waals surface area contributed by atoms with Crippen molar-refractivity contribution >= 4 is 22.2 Å². The van der Waals surface area contributed by atoms with Crippen LogP contribution in [-0.2, 0) is 7.05 Å². The average Bonchev–Trinajstić information content (AvgIpc) is 3.06. The molecule has 3 nitrogen and oxygen atoms in total. The minimum absolute atomic E-state index is 0.177. The van der Waals surface area contributed by atoms with Crippen LogP contribution in [0.1, 0.15) is 23.5 Å². The van der Waals surface area contributed by atoms with Crippen LogP contribution in [0, 0.1) is 0 Å². The highest BCUT2D eigenvalue weighted by molar-refractivity contribution is 7.10. The number of aromatic nitrogens is 2. The molecular formula is C15H17N3S. The van der Waals surface area contributed by atoms with Crippen molar-refractivity contribution < 1.29 is 0 Å². The molecule has 19 heavy (non-hydrogen) atoms. The summed E-state index contributed by atoms with van der Waals surface area (Å²) in [6, 6.07) is 12.8. The number of nitrogens with one attached hydrogen (secondary N) is 1. The Kier molecular flexibility index (Phi) is 3.36. The van der Waals surface area contributed by atoms with Crippen LogP contribution in [0.2, 0.25) is 0 Å². The molecule has 0 radical (unpaired) electrons. The molecule has 0 fully saturated rings. The molecule has 1 atom stereocenters. The van der Waals surface area contributed by atoms with Gasteiger partial charge >= 0.3 is 0 Å². The third-order valence-corrected chi connectivity index (χ3v) is 4.23. The van der Waals surface area contributed by atoms with Gasteiger partial charge in [0.25, 0.3) is 0 Å². The van der Waals surface area contributed by atoms with E-state index in [2.05, 4.69) is 54.0 Å². The van der Waals surface area contributed by atoms with Gasteiger partial charge in [-0.3, -0.25) is 4.68 Å². The van der Waals surface area contributed by atoms with Crippen LogP contribution in [0.4, 0.5) is 0 Å². The highest BCUT2D eigenvalue weighted by atomic mass is 32.1. The minimum Gasteiger partial charge on any atom is -0.304 e. The SMILES string of the molecule is CCNC(c1cccs1)c1nn(C)c2ccccc12. The molecule has 0 amide bonds. The number of para-hydroxylation sites is 1. The smallest absolute Gasteiger partial charge is 0.0926 e. The lowest BCUT2D eigenvalue weighted by atomic mass is 10.1. The molecule has 0 aliphatic carbocycles. The molecule has 0 bridgehead atoms. The van der Waals surface area contributed by atoms with E-state index in [0.717, 1.165) is 12.2 Å². The zero-order chi connectivity index (χ0) is 13.2. The van der Waals surface area contributed by atoms with Crippen molar-refractivity contribution in [3.05, 3.63) is 52.3 Å². The lowest BCUT2D eigenvalue weighted by Gasteiger charge is -2.14. The second kappa shape index (κ2) is 5.15. The molecule has 4 heteroatoms. The Morgan fingerprint density at radius 2 is 2.11 bits per heavy atom. The summed E-state index contributed by atoms with van der Waals surface area (Å²) in [7, 11) is 2.00. The Hall–Kier alpha value is -1.65. The van der Waals surface area contributed by atoms with E-state index in [1.54, 1.807) is 11.3 Å². The number of thiophene rings is 1. The zero-order valence-electron chi connectivity index (χ0n) is 11.1. The van der Waals surface area contributed by atoms with Crippen molar-refractivity contribution in [1.29, 1.82) is 0 Å². The average molecular weight is 271 g/mol. The topological polar surface area (TPSA) is 29.9 Å². The van der Waals surface area contributed by atoms with Crippen LogP contribution in [0.3, 0.4) is 0 Å². The summed E-state index contributed by atoms with van der Waals surface area (Å²) in [6.07, 6.45) is 0. The van der Waals surface area contributed by atoms with E-state index in [4.69, 9.17) is 5.10 Å². The summed E-state index contributed by atoms with van der Waals surface area (Å²) >= 11 is 1.77. The van der Waals surface area contributed by atoms with Crippen LogP contribution >= 0.6 is 11.3 Å². The Morgan fingerprint density at radius 1 is 1.26 bits per heavy atom. The number of fused-ring (bicyclic) bond motifs is 1. The van der Waals surface area contributed by atoms with Crippen LogP contribution in [-0.4, -0.2) is 16.3 Å². The van der Waals surface area contributed by atoms with E-state index in [1.807, 2.05) is 11.7 Å². The largest absolute Gasteiger partial charge is 0.304 e. The highest BCUT2D eigenvalue weighted by Crippen LogP contribution is 2.30. The number of benzene rings is 1. The first-order chi connectivity index (χ1) is 9.31. The summed E-state index contributed by atoms with van der Waals surface area (Å²) in [5.41, 5.74) is 2.29. The third kappa shape index (κ3) is 2.17. The Bertz CT molecular complexity index is 670. The van der Waals surface area contributed by atoms with Crippen LogP contribution in [0.5, 0.6) is 0 Å². The van der Waals surface area contributed by atoms with Crippen LogP contribution < -0.4 is 5.32 Å². The first-order valence-electron chi connectivity index (χ1n) is 6.49. The lowest BCUT2D eigenvalue weighted by Crippen LogP contribution is -2.21. The molecule has 0 saturated heterocycles. The molecule has 98 valence electrons. The number of rotatable bonds is 4. The number of hydrogen-bond acceptors (Lipinski definition) is 3. The Labute approximate surface area is 116 Å². The Morgan fingerprint density at radius 3 is 2.84 bits per heavy atom. The van der Waals surface area contributed by atoms with Crippen molar-refractivity contribution in [1.82, 2.24) is 15.1 Å². The zero-order valence-corrected chi connectivity index (χ0v) is 11.9. The Balaban J connectivity index is 2.15. The van der Waals surface area contributed by atoms with E-state index in [9.17, 15) is 0 Å². The molecule has 2 aromatic heterocycles. The van der Waals surface area contributed by atoms with Crippen LogP contribution in [0.25, 0.3) is 10.9 Å². The molecule has 1 N–H and O–H groups in total. The van der Waals surface area contributed by atoms with E-state index < -0.39 is 0 Å². The van der Waals surface area contributed by atoms with E-state index in [1.165, 1.54) is 15.8 Å². The van der Waals surface area contributed by atoms with Gasteiger partial charge in [0.15, 0.2) is 0 Å². The summed E-state index contributed by atoms with van der Waals surface area (Å²) < 4.78 is 1.96. The van der Waals surface area contributed by atoms with Gasteiger partial charge < -0.3 is 5.32 Å². The second-order valence-corrected chi connectivity index (χ2v) is 5.51. The fourth-order valence-corrected chi connectivity index (χ4v) is 3.25. The molecule has 1 unspecified atom stereocenters. The van der Waals surface area contributed by atoms with Gasteiger partial charge in [-0.25, -0.2) is 0 Å². The molecular weight excluding hydrogens is 254 g/mol. The first kappa shape index (κ1) is 12.4.